The molecule has 6 nitrogen and oxygen atoms in total. The molecule has 162 valence electrons. The first-order chi connectivity index (χ1) is 14.5. The van der Waals surface area contributed by atoms with E-state index in [4.69, 9.17) is 11.6 Å². The van der Waals surface area contributed by atoms with Crippen LogP contribution in [0.3, 0.4) is 0 Å². The highest BCUT2D eigenvalue weighted by molar-refractivity contribution is 7.18. The number of piperidine rings is 2. The molecule has 30 heavy (non-hydrogen) atoms. The molecule has 4 rings (SSSR count). The number of halogens is 3. The fourth-order valence-corrected chi connectivity index (χ4v) is 5.35. The molecule has 1 N–H and O–H groups in total. The molecule has 0 bridgehead atoms. The summed E-state index contributed by atoms with van der Waals surface area (Å²) in [6, 6.07) is 1.36. The minimum Gasteiger partial charge on any atom is -0.348 e. The molecule has 4 heterocycles. The van der Waals surface area contributed by atoms with E-state index < -0.39 is 17.5 Å². The highest BCUT2D eigenvalue weighted by Crippen LogP contribution is 2.32. The van der Waals surface area contributed by atoms with Crippen LogP contribution in [-0.4, -0.2) is 53.0 Å². The molecular formula is C20H24ClF2N5OS. The van der Waals surface area contributed by atoms with Crippen LogP contribution in [0.5, 0.6) is 0 Å². The Kier molecular flexibility index (Phi) is 6.80. The van der Waals surface area contributed by atoms with Gasteiger partial charge in [-0.2, -0.15) is 0 Å². The molecular weight excluding hydrogens is 432 g/mol. The number of carbonyl (C=O) groups excluding carboxylic acids is 1. The maximum Gasteiger partial charge on any atom is 0.264 e. The third-order valence-corrected chi connectivity index (χ3v) is 7.22. The van der Waals surface area contributed by atoms with Gasteiger partial charge in [0.1, 0.15) is 16.5 Å². The number of nitrogens with zero attached hydrogens (tertiary/aromatic N) is 4. The maximum atomic E-state index is 13.7. The normalized spacial score (nSPS) is 18.6. The van der Waals surface area contributed by atoms with E-state index in [1.807, 2.05) is 0 Å². The molecule has 0 saturated carbocycles. The largest absolute Gasteiger partial charge is 0.348 e. The van der Waals surface area contributed by atoms with Crippen molar-refractivity contribution >= 4 is 34.0 Å². The van der Waals surface area contributed by atoms with Crippen molar-refractivity contribution in [3.63, 3.8) is 0 Å². The van der Waals surface area contributed by atoms with E-state index >= 15 is 0 Å². The summed E-state index contributed by atoms with van der Waals surface area (Å²) >= 11 is 7.44. The van der Waals surface area contributed by atoms with Crippen LogP contribution in [0, 0.1) is 11.6 Å². The van der Waals surface area contributed by atoms with Gasteiger partial charge in [0.15, 0.2) is 10.3 Å². The van der Waals surface area contributed by atoms with Gasteiger partial charge in [0.05, 0.1) is 18.4 Å². The second kappa shape index (κ2) is 9.53. The SMILES string of the molecule is O=C(NCc1ncc(F)cc1F)c1sc(N2CCC(N3CCCCC3)CC2)nc1Cl. The molecule has 2 aliphatic heterocycles. The number of amides is 1. The summed E-state index contributed by atoms with van der Waals surface area (Å²) < 4.78 is 26.6. The van der Waals surface area contributed by atoms with E-state index in [0.29, 0.717) is 6.04 Å². The number of anilines is 1. The smallest absolute Gasteiger partial charge is 0.264 e. The molecule has 0 unspecified atom stereocenters. The van der Waals surface area contributed by atoms with Gasteiger partial charge in [0.25, 0.3) is 5.91 Å². The fraction of sp³-hybridized carbons (Fsp3) is 0.550. The van der Waals surface area contributed by atoms with E-state index in [1.54, 1.807) is 0 Å². The van der Waals surface area contributed by atoms with Crippen molar-refractivity contribution in [3.05, 3.63) is 39.6 Å². The minimum absolute atomic E-state index is 0.0367. The molecule has 0 spiro atoms. The maximum absolute atomic E-state index is 13.7. The Labute approximate surface area is 183 Å². The number of nitrogens with one attached hydrogen (secondary N) is 1. The quantitative estimate of drug-likeness (QED) is 0.742. The van der Waals surface area contributed by atoms with Gasteiger partial charge in [-0.25, -0.2) is 13.8 Å². The monoisotopic (exact) mass is 455 g/mol. The van der Waals surface area contributed by atoms with Gasteiger partial charge in [-0.3, -0.25) is 9.78 Å². The predicted molar refractivity (Wildman–Crippen MR) is 113 cm³/mol. The topological polar surface area (TPSA) is 61.4 Å². The van der Waals surface area contributed by atoms with Crippen LogP contribution in [-0.2, 0) is 6.54 Å². The Morgan fingerprint density at radius 1 is 1.20 bits per heavy atom. The summed E-state index contributed by atoms with van der Waals surface area (Å²) in [5.41, 5.74) is -0.0367. The van der Waals surface area contributed by atoms with Crippen molar-refractivity contribution < 1.29 is 13.6 Å². The molecule has 2 aromatic rings. The van der Waals surface area contributed by atoms with Crippen molar-refractivity contribution in [1.29, 1.82) is 0 Å². The zero-order chi connectivity index (χ0) is 21.1. The molecule has 0 aromatic carbocycles. The molecule has 2 aliphatic rings. The van der Waals surface area contributed by atoms with Crippen molar-refractivity contribution in [3.8, 4) is 0 Å². The van der Waals surface area contributed by atoms with Crippen molar-refractivity contribution in [2.24, 2.45) is 0 Å². The summed E-state index contributed by atoms with van der Waals surface area (Å²) in [6.07, 6.45) is 6.98. The highest BCUT2D eigenvalue weighted by atomic mass is 35.5. The molecule has 10 heteroatoms. The summed E-state index contributed by atoms with van der Waals surface area (Å²) in [6.45, 7) is 4.01. The van der Waals surface area contributed by atoms with Crippen LogP contribution in [0.4, 0.5) is 13.9 Å². The summed E-state index contributed by atoms with van der Waals surface area (Å²) in [7, 11) is 0. The number of likely N-dealkylation sites (tertiary alicyclic amines) is 1. The van der Waals surface area contributed by atoms with Crippen LogP contribution in [0.2, 0.25) is 5.15 Å². The molecule has 0 aliphatic carbocycles. The van der Waals surface area contributed by atoms with Crippen LogP contribution in [0.25, 0.3) is 0 Å². The van der Waals surface area contributed by atoms with Crippen molar-refractivity contribution in [2.45, 2.75) is 44.7 Å². The zero-order valence-electron chi connectivity index (χ0n) is 16.5. The van der Waals surface area contributed by atoms with Gasteiger partial charge in [-0.15, -0.1) is 0 Å². The Balaban J connectivity index is 1.34. The van der Waals surface area contributed by atoms with E-state index in [9.17, 15) is 13.6 Å². The molecule has 2 fully saturated rings. The van der Waals surface area contributed by atoms with Crippen molar-refractivity contribution in [1.82, 2.24) is 20.2 Å². The number of hydrogen-bond donors (Lipinski definition) is 1. The molecule has 2 aromatic heterocycles. The summed E-state index contributed by atoms with van der Waals surface area (Å²) in [5, 5.41) is 3.45. The Hall–Kier alpha value is -1.84. The van der Waals surface area contributed by atoms with Gasteiger partial charge >= 0.3 is 0 Å². The Morgan fingerprint density at radius 3 is 2.63 bits per heavy atom. The lowest BCUT2D eigenvalue weighted by Crippen LogP contribution is -2.46. The van der Waals surface area contributed by atoms with Gasteiger partial charge in [0.2, 0.25) is 0 Å². The first kappa shape index (κ1) is 21.4. The van der Waals surface area contributed by atoms with Gasteiger partial charge < -0.3 is 15.1 Å². The lowest BCUT2D eigenvalue weighted by molar-refractivity contribution is 0.0954. The summed E-state index contributed by atoms with van der Waals surface area (Å²) in [5.74, 6) is -2.01. The first-order valence-electron chi connectivity index (χ1n) is 10.2. The van der Waals surface area contributed by atoms with E-state index in [0.717, 1.165) is 43.3 Å². The van der Waals surface area contributed by atoms with Gasteiger partial charge in [-0.05, 0) is 38.8 Å². The van der Waals surface area contributed by atoms with E-state index in [1.165, 1.54) is 43.7 Å². The number of aromatic nitrogens is 2. The van der Waals surface area contributed by atoms with E-state index in [-0.39, 0.29) is 22.3 Å². The molecule has 0 radical (unpaired) electrons. The number of hydrogen-bond acceptors (Lipinski definition) is 6. The average Bonchev–Trinajstić information content (AvgIpc) is 3.15. The Bertz CT molecular complexity index is 897. The number of carbonyl (C=O) groups is 1. The highest BCUT2D eigenvalue weighted by Gasteiger charge is 2.28. The second-order valence-corrected chi connectivity index (χ2v) is 9.03. The second-order valence-electron chi connectivity index (χ2n) is 7.70. The molecule has 2 saturated heterocycles. The number of pyridine rings is 1. The minimum atomic E-state index is -0.803. The van der Waals surface area contributed by atoms with Crippen LogP contribution in [0.15, 0.2) is 12.3 Å². The van der Waals surface area contributed by atoms with Crippen molar-refractivity contribution in [2.75, 3.05) is 31.1 Å². The Morgan fingerprint density at radius 2 is 1.93 bits per heavy atom. The standard InChI is InChI=1S/C20H24ClF2N5OS/c21-18-17(19(29)25-12-16-15(23)10-13(22)11-24-16)30-20(26-18)28-8-4-14(5-9-28)27-6-2-1-3-7-27/h10-11,14H,1-9,12H2,(H,25,29). The van der Waals surface area contributed by atoms with Gasteiger partial charge in [-0.1, -0.05) is 29.4 Å². The first-order valence-corrected chi connectivity index (χ1v) is 11.4. The predicted octanol–water partition coefficient (Wildman–Crippen LogP) is 3.85. The lowest BCUT2D eigenvalue weighted by atomic mass is 10.0. The third-order valence-electron chi connectivity index (χ3n) is 5.72. The van der Waals surface area contributed by atoms with Gasteiger partial charge in [0, 0.05) is 25.2 Å². The zero-order valence-corrected chi connectivity index (χ0v) is 18.1. The average molecular weight is 456 g/mol. The van der Waals surface area contributed by atoms with Crippen LogP contribution < -0.4 is 10.2 Å². The van der Waals surface area contributed by atoms with Crippen LogP contribution in [0.1, 0.15) is 47.5 Å². The lowest BCUT2D eigenvalue weighted by Gasteiger charge is -2.40. The van der Waals surface area contributed by atoms with E-state index in [2.05, 4.69) is 25.1 Å². The number of thiazole rings is 1. The molecule has 0 atom stereocenters. The summed E-state index contributed by atoms with van der Waals surface area (Å²) in [4.78, 5) is 25.6. The third kappa shape index (κ3) is 4.90. The number of rotatable bonds is 5. The van der Waals surface area contributed by atoms with Crippen LogP contribution >= 0.6 is 22.9 Å². The fourth-order valence-electron chi connectivity index (χ4n) is 4.09. The molecule has 1 amide bonds.